The molecule has 2 aliphatic carbocycles. The van der Waals surface area contributed by atoms with Crippen LogP contribution in [0.1, 0.15) is 36.8 Å². The molecule has 0 aromatic heterocycles. The molecule has 0 spiro atoms. The maximum absolute atomic E-state index is 13.9. The molecule has 220 valence electrons. The Bertz CT molecular complexity index is 1550. The third kappa shape index (κ3) is 5.93. The van der Waals surface area contributed by atoms with Gasteiger partial charge in [-0.2, -0.15) is 4.31 Å². The molecule has 2 saturated carbocycles. The van der Waals surface area contributed by atoms with Crippen LogP contribution in [0.2, 0.25) is 0 Å². The van der Waals surface area contributed by atoms with Gasteiger partial charge in [0.2, 0.25) is 20.0 Å². The van der Waals surface area contributed by atoms with E-state index in [0.29, 0.717) is 6.42 Å². The first kappa shape index (κ1) is 29.7. The molecule has 1 unspecified atom stereocenters. The van der Waals surface area contributed by atoms with Crippen LogP contribution in [0.25, 0.3) is 0 Å². The van der Waals surface area contributed by atoms with Gasteiger partial charge in [-0.25, -0.2) is 21.6 Å². The number of rotatable bonds is 9. The number of esters is 1. The van der Waals surface area contributed by atoms with E-state index in [4.69, 9.17) is 4.74 Å². The molecule has 3 fully saturated rings. The van der Waals surface area contributed by atoms with Crippen molar-refractivity contribution in [2.45, 2.75) is 55.4 Å². The predicted octanol–water partition coefficient (Wildman–Crippen LogP) is 4.36. The van der Waals surface area contributed by atoms with E-state index in [1.165, 1.54) is 28.6 Å². The second-order valence-electron chi connectivity index (χ2n) is 11.6. The number of carbonyl (C=O) groups is 1. The Morgan fingerprint density at radius 1 is 0.878 bits per heavy atom. The summed E-state index contributed by atoms with van der Waals surface area (Å²) in [6.07, 6.45) is 2.90. The van der Waals surface area contributed by atoms with Crippen molar-refractivity contribution in [2.24, 2.45) is 23.7 Å². The van der Waals surface area contributed by atoms with Crippen molar-refractivity contribution < 1.29 is 26.4 Å². The lowest BCUT2D eigenvalue weighted by Gasteiger charge is -2.29. The molecule has 5 rings (SSSR count). The van der Waals surface area contributed by atoms with Crippen LogP contribution in [0.15, 0.2) is 82.6 Å². The number of hydrogen-bond donors (Lipinski definition) is 1. The van der Waals surface area contributed by atoms with Crippen LogP contribution in [0.5, 0.6) is 0 Å². The van der Waals surface area contributed by atoms with E-state index >= 15 is 0 Å². The predicted molar refractivity (Wildman–Crippen MR) is 157 cm³/mol. The zero-order chi connectivity index (χ0) is 29.5. The lowest BCUT2D eigenvalue weighted by molar-refractivity contribution is -0.145. The van der Waals surface area contributed by atoms with Gasteiger partial charge in [-0.1, -0.05) is 59.7 Å². The standard InChI is InChI=1S/C31H38N2O6S2/c1-20-5-11-24(12-6-20)40(35,36)32-17-18-33(41(37,38)25-13-7-21(2)8-14-25)19-28-27-16-9-22(3)26-15-10-23(4)29(26)30(27)39-31(28)34/h5-8,11-14,26-30,32H,3-4,9-10,15-19H2,1-2H3/t26-,27-,28?,29-,30-/m0/s1. The van der Waals surface area contributed by atoms with Crippen LogP contribution in [0.4, 0.5) is 0 Å². The molecule has 1 saturated heterocycles. The van der Waals surface area contributed by atoms with E-state index in [2.05, 4.69) is 17.9 Å². The van der Waals surface area contributed by atoms with E-state index < -0.39 is 31.9 Å². The van der Waals surface area contributed by atoms with E-state index in [1.54, 1.807) is 24.3 Å². The average molecular weight is 599 g/mol. The van der Waals surface area contributed by atoms with Gasteiger partial charge in [0.25, 0.3) is 0 Å². The highest BCUT2D eigenvalue weighted by Gasteiger charge is 2.54. The highest BCUT2D eigenvalue weighted by Crippen LogP contribution is 2.52. The Kier molecular flexibility index (Phi) is 8.31. The smallest absolute Gasteiger partial charge is 0.311 e. The Labute approximate surface area is 243 Å². The minimum absolute atomic E-state index is 0.00687. The van der Waals surface area contributed by atoms with Crippen molar-refractivity contribution in [3.63, 3.8) is 0 Å². The summed E-state index contributed by atoms with van der Waals surface area (Å²) >= 11 is 0. The lowest BCUT2D eigenvalue weighted by Crippen LogP contribution is -2.43. The molecule has 1 heterocycles. The number of aryl methyl sites for hydroxylation is 2. The van der Waals surface area contributed by atoms with Crippen LogP contribution in [-0.4, -0.2) is 52.8 Å². The fourth-order valence-electron chi connectivity index (χ4n) is 6.55. The molecule has 10 heteroatoms. The number of nitrogens with one attached hydrogen (secondary N) is 1. The third-order valence-corrected chi connectivity index (χ3v) is 12.3. The average Bonchev–Trinajstić information content (AvgIpc) is 3.41. The van der Waals surface area contributed by atoms with E-state index in [-0.39, 0.29) is 53.3 Å². The summed E-state index contributed by atoms with van der Waals surface area (Å²) in [5.41, 5.74) is 4.05. The fourth-order valence-corrected chi connectivity index (χ4v) is 9.04. The van der Waals surface area contributed by atoms with Crippen LogP contribution < -0.4 is 4.72 Å². The van der Waals surface area contributed by atoms with Gasteiger partial charge in [0, 0.05) is 31.5 Å². The van der Waals surface area contributed by atoms with Gasteiger partial charge in [0.15, 0.2) is 0 Å². The summed E-state index contributed by atoms with van der Waals surface area (Å²) in [7, 11) is -7.90. The molecule has 3 aliphatic rings. The lowest BCUT2D eigenvalue weighted by atomic mass is 9.79. The number of sulfonamides is 2. The number of allylic oxidation sites excluding steroid dienone is 1. The first-order valence-corrected chi connectivity index (χ1v) is 17.0. The first-order valence-electron chi connectivity index (χ1n) is 14.1. The number of benzene rings is 2. The Hall–Kier alpha value is -2.79. The van der Waals surface area contributed by atoms with Crippen molar-refractivity contribution in [3.05, 3.63) is 84.0 Å². The van der Waals surface area contributed by atoms with Gasteiger partial charge in [0.1, 0.15) is 6.10 Å². The molecule has 5 atom stereocenters. The Balaban J connectivity index is 1.40. The molecule has 0 amide bonds. The van der Waals surface area contributed by atoms with Gasteiger partial charge in [0.05, 0.1) is 15.7 Å². The van der Waals surface area contributed by atoms with Crippen LogP contribution >= 0.6 is 0 Å². The van der Waals surface area contributed by atoms with E-state index in [0.717, 1.165) is 41.5 Å². The summed E-state index contributed by atoms with van der Waals surface area (Å²) in [5, 5.41) is 0. The topological polar surface area (TPSA) is 110 Å². The SMILES string of the molecule is C=C1CC[C@H]2C(=C)CC[C@H]3C(CN(CCNS(=O)(=O)c4ccc(C)cc4)S(=O)(=O)c4ccc(C)cc4)C(=O)O[C@@H]3[C@@H]12. The normalized spacial score (nSPS) is 26.5. The summed E-state index contributed by atoms with van der Waals surface area (Å²) in [6, 6.07) is 12.9. The van der Waals surface area contributed by atoms with Crippen molar-refractivity contribution in [1.29, 1.82) is 0 Å². The summed E-state index contributed by atoms with van der Waals surface area (Å²) in [6.45, 7) is 11.9. The quantitative estimate of drug-likeness (QED) is 0.339. The summed E-state index contributed by atoms with van der Waals surface area (Å²) in [5.74, 6) is -1.02. The molecule has 41 heavy (non-hydrogen) atoms. The van der Waals surface area contributed by atoms with Crippen molar-refractivity contribution >= 4 is 26.0 Å². The second-order valence-corrected chi connectivity index (χ2v) is 15.3. The number of hydrogen-bond acceptors (Lipinski definition) is 6. The highest BCUT2D eigenvalue weighted by atomic mass is 32.2. The largest absolute Gasteiger partial charge is 0.461 e. The van der Waals surface area contributed by atoms with Crippen LogP contribution in [-0.2, 0) is 29.6 Å². The minimum atomic E-state index is -4.05. The van der Waals surface area contributed by atoms with Gasteiger partial charge in [-0.3, -0.25) is 4.79 Å². The first-order chi connectivity index (χ1) is 19.4. The Morgan fingerprint density at radius 2 is 1.46 bits per heavy atom. The monoisotopic (exact) mass is 598 g/mol. The summed E-state index contributed by atoms with van der Waals surface area (Å²) < 4.78 is 63.3. The molecule has 8 nitrogen and oxygen atoms in total. The molecule has 1 N–H and O–H groups in total. The number of nitrogens with zero attached hydrogens (tertiary/aromatic N) is 1. The molecular weight excluding hydrogens is 560 g/mol. The second kappa shape index (κ2) is 11.5. The number of ether oxygens (including phenoxy) is 1. The molecule has 1 aliphatic heterocycles. The van der Waals surface area contributed by atoms with Crippen molar-refractivity contribution in [3.8, 4) is 0 Å². The Morgan fingerprint density at radius 3 is 2.10 bits per heavy atom. The molecule has 0 radical (unpaired) electrons. The van der Waals surface area contributed by atoms with Gasteiger partial charge in [-0.05, 0) is 69.7 Å². The molecule has 2 aromatic carbocycles. The molecule has 0 bridgehead atoms. The van der Waals surface area contributed by atoms with E-state index in [1.807, 2.05) is 13.8 Å². The number of carbonyl (C=O) groups excluding carboxylic acids is 1. The maximum atomic E-state index is 13.9. The van der Waals surface area contributed by atoms with Gasteiger partial charge in [-0.15, -0.1) is 0 Å². The van der Waals surface area contributed by atoms with Crippen LogP contribution in [0, 0.1) is 37.5 Å². The van der Waals surface area contributed by atoms with Crippen molar-refractivity contribution in [2.75, 3.05) is 19.6 Å². The summed E-state index contributed by atoms with van der Waals surface area (Å²) in [4.78, 5) is 13.5. The fraction of sp³-hybridized carbons (Fsp3) is 0.452. The van der Waals surface area contributed by atoms with E-state index in [9.17, 15) is 21.6 Å². The number of fused-ring (bicyclic) bond motifs is 3. The van der Waals surface area contributed by atoms with Crippen LogP contribution in [0.3, 0.4) is 0 Å². The maximum Gasteiger partial charge on any atom is 0.311 e. The zero-order valence-corrected chi connectivity index (χ0v) is 25.2. The van der Waals surface area contributed by atoms with Gasteiger partial charge >= 0.3 is 5.97 Å². The van der Waals surface area contributed by atoms with Crippen molar-refractivity contribution in [1.82, 2.24) is 9.03 Å². The minimum Gasteiger partial charge on any atom is -0.461 e. The molecular formula is C31H38N2O6S2. The molecule has 2 aromatic rings. The third-order valence-electron chi connectivity index (χ3n) is 8.90. The van der Waals surface area contributed by atoms with Gasteiger partial charge < -0.3 is 4.74 Å². The zero-order valence-electron chi connectivity index (χ0n) is 23.6. The highest BCUT2D eigenvalue weighted by molar-refractivity contribution is 7.89.